The van der Waals surface area contributed by atoms with Gasteiger partial charge in [-0.25, -0.2) is 0 Å². The van der Waals surface area contributed by atoms with Crippen LogP contribution in [0.15, 0.2) is 176 Å². The van der Waals surface area contributed by atoms with Gasteiger partial charge in [-0.3, -0.25) is 0 Å². The van der Waals surface area contributed by atoms with Crippen LogP contribution >= 0.6 is 0 Å². The molecule has 0 aliphatic heterocycles. The third kappa shape index (κ3) is 4.34. The molecule has 250 valence electrons. The van der Waals surface area contributed by atoms with Gasteiger partial charge in [0.25, 0.3) is 0 Å². The predicted molar refractivity (Wildman–Crippen MR) is 224 cm³/mol. The van der Waals surface area contributed by atoms with Crippen molar-refractivity contribution in [3.8, 4) is 28.2 Å². The molecule has 0 atom stereocenters. The molecule has 0 N–H and O–H groups in total. The highest BCUT2D eigenvalue weighted by Crippen LogP contribution is 2.43. The minimum absolute atomic E-state index is 1.14. The summed E-state index contributed by atoms with van der Waals surface area (Å²) < 4.78 is 7.34. The number of rotatable bonds is 4. The predicted octanol–water partition coefficient (Wildman–Crippen LogP) is 13.3. The van der Waals surface area contributed by atoms with Gasteiger partial charge in [0.1, 0.15) is 0 Å². The van der Waals surface area contributed by atoms with Crippen LogP contribution in [0, 0.1) is 13.8 Å². The maximum atomic E-state index is 2.47. The molecule has 0 fully saturated rings. The lowest BCUT2D eigenvalue weighted by molar-refractivity contribution is 1.13. The molecule has 0 unspecified atom stereocenters. The Bertz CT molecular complexity index is 3050. The number of aromatic nitrogens is 3. The van der Waals surface area contributed by atoms with Crippen molar-refractivity contribution in [3.63, 3.8) is 0 Å². The van der Waals surface area contributed by atoms with Crippen LogP contribution in [-0.4, -0.2) is 13.7 Å². The summed E-state index contributed by atoms with van der Waals surface area (Å²) in [6, 6.07) is 64.8. The number of hydrogen-bond donors (Lipinski definition) is 0. The minimum atomic E-state index is 1.14. The van der Waals surface area contributed by atoms with Gasteiger partial charge in [-0.1, -0.05) is 114 Å². The topological polar surface area (TPSA) is 14.8 Å². The Balaban J connectivity index is 1.23. The molecule has 11 rings (SSSR count). The van der Waals surface area contributed by atoms with Crippen molar-refractivity contribution >= 4 is 65.4 Å². The standard InChI is InChI=1S/C50H35N3/c1-32-22-28-46-40(30-32)38-14-5-9-18-44(38)52(46)48-20-11-21-49(53-45-19-10-6-15-39(45)41-31-33(2)23-29-47(41)53)50(48)34-24-26-35(27-25-34)51-42-16-7-3-12-36(42)37-13-4-8-17-43(37)51/h3-31H,1-2H3. The fourth-order valence-electron chi connectivity index (χ4n) is 8.87. The number of hydrogen-bond acceptors (Lipinski definition) is 0. The van der Waals surface area contributed by atoms with E-state index in [4.69, 9.17) is 0 Å². The van der Waals surface area contributed by atoms with E-state index < -0.39 is 0 Å². The summed E-state index contributed by atoms with van der Waals surface area (Å²) in [7, 11) is 0. The van der Waals surface area contributed by atoms with E-state index >= 15 is 0 Å². The Hall–Kier alpha value is -6.84. The SMILES string of the molecule is Cc1ccc2c(c1)c1ccccc1n2-c1cccc(-n2c3ccccc3c3cc(C)ccc32)c1-c1ccc(-n2c3ccccc3c3ccccc32)cc1. The number of nitrogens with zero attached hydrogens (tertiary/aromatic N) is 3. The van der Waals surface area contributed by atoms with Crippen LogP contribution in [-0.2, 0) is 0 Å². The molecule has 0 saturated heterocycles. The van der Waals surface area contributed by atoms with Crippen LogP contribution in [0.5, 0.6) is 0 Å². The average molecular weight is 678 g/mol. The van der Waals surface area contributed by atoms with Crippen molar-refractivity contribution < 1.29 is 0 Å². The zero-order valence-corrected chi connectivity index (χ0v) is 29.6. The summed E-state index contributed by atoms with van der Waals surface area (Å²) in [5, 5.41) is 7.59. The first-order chi connectivity index (χ1) is 26.1. The molecule has 3 aromatic heterocycles. The molecule has 11 aromatic rings. The molecule has 0 spiro atoms. The van der Waals surface area contributed by atoms with Crippen LogP contribution in [0.4, 0.5) is 0 Å². The van der Waals surface area contributed by atoms with E-state index in [2.05, 4.69) is 203 Å². The van der Waals surface area contributed by atoms with Gasteiger partial charge in [-0.05, 0) is 92.2 Å². The van der Waals surface area contributed by atoms with Crippen molar-refractivity contribution in [3.05, 3.63) is 187 Å². The van der Waals surface area contributed by atoms with Gasteiger partial charge in [0.15, 0.2) is 0 Å². The van der Waals surface area contributed by atoms with Crippen molar-refractivity contribution in [1.29, 1.82) is 0 Å². The summed E-state index contributed by atoms with van der Waals surface area (Å²) in [6.45, 7) is 4.36. The van der Waals surface area contributed by atoms with Gasteiger partial charge in [0, 0.05) is 43.6 Å². The number of benzene rings is 8. The number of fused-ring (bicyclic) bond motifs is 9. The van der Waals surface area contributed by atoms with E-state index in [-0.39, 0.29) is 0 Å². The van der Waals surface area contributed by atoms with E-state index in [1.807, 2.05) is 0 Å². The maximum Gasteiger partial charge on any atom is 0.0561 e. The Morgan fingerprint density at radius 3 is 1.13 bits per heavy atom. The van der Waals surface area contributed by atoms with Gasteiger partial charge < -0.3 is 13.7 Å². The molecule has 0 amide bonds. The van der Waals surface area contributed by atoms with Gasteiger partial charge in [-0.2, -0.15) is 0 Å². The van der Waals surface area contributed by atoms with Crippen molar-refractivity contribution in [1.82, 2.24) is 13.7 Å². The molecular weight excluding hydrogens is 643 g/mol. The van der Waals surface area contributed by atoms with E-state index in [0.717, 1.165) is 22.6 Å². The van der Waals surface area contributed by atoms with Gasteiger partial charge in [0.05, 0.1) is 44.5 Å². The maximum absolute atomic E-state index is 2.47. The second-order valence-electron chi connectivity index (χ2n) is 14.3. The van der Waals surface area contributed by atoms with Crippen molar-refractivity contribution in [2.45, 2.75) is 13.8 Å². The summed E-state index contributed by atoms with van der Waals surface area (Å²) in [4.78, 5) is 0. The molecule has 8 aromatic carbocycles. The first-order valence-electron chi connectivity index (χ1n) is 18.4. The van der Waals surface area contributed by atoms with E-state index in [9.17, 15) is 0 Å². The molecule has 0 saturated carbocycles. The monoisotopic (exact) mass is 677 g/mol. The minimum Gasteiger partial charge on any atom is -0.309 e. The Kier molecular flexibility index (Phi) is 6.38. The summed E-state index contributed by atoms with van der Waals surface area (Å²) in [5.41, 5.74) is 15.6. The first kappa shape index (κ1) is 29.8. The number of aryl methyl sites for hydroxylation is 2. The van der Waals surface area contributed by atoms with E-state index in [1.165, 1.54) is 82.1 Å². The molecule has 3 nitrogen and oxygen atoms in total. The quantitative estimate of drug-likeness (QED) is 0.176. The highest BCUT2D eigenvalue weighted by atomic mass is 15.0. The van der Waals surface area contributed by atoms with Crippen molar-refractivity contribution in [2.24, 2.45) is 0 Å². The molecule has 0 radical (unpaired) electrons. The average Bonchev–Trinajstić information content (AvgIpc) is 3.83. The third-order valence-corrected chi connectivity index (χ3v) is 11.2. The summed E-state index contributed by atoms with van der Waals surface area (Å²) >= 11 is 0. The Morgan fingerprint density at radius 2 is 0.679 bits per heavy atom. The lowest BCUT2D eigenvalue weighted by Gasteiger charge is -2.20. The van der Waals surface area contributed by atoms with Crippen LogP contribution < -0.4 is 0 Å². The van der Waals surface area contributed by atoms with Gasteiger partial charge >= 0.3 is 0 Å². The zero-order chi connectivity index (χ0) is 35.2. The van der Waals surface area contributed by atoms with Crippen LogP contribution in [0.3, 0.4) is 0 Å². The number of para-hydroxylation sites is 4. The molecule has 3 heterocycles. The summed E-state index contributed by atoms with van der Waals surface area (Å²) in [6.07, 6.45) is 0. The van der Waals surface area contributed by atoms with E-state index in [1.54, 1.807) is 0 Å². The lowest BCUT2D eigenvalue weighted by Crippen LogP contribution is -2.04. The second-order valence-corrected chi connectivity index (χ2v) is 14.3. The fraction of sp³-hybridized carbons (Fsp3) is 0.0400. The van der Waals surface area contributed by atoms with Crippen LogP contribution in [0.2, 0.25) is 0 Å². The molecule has 0 aliphatic rings. The summed E-state index contributed by atoms with van der Waals surface area (Å²) in [5.74, 6) is 0. The Labute approximate surface area is 307 Å². The highest BCUT2D eigenvalue weighted by molar-refractivity contribution is 6.12. The van der Waals surface area contributed by atoms with Crippen LogP contribution in [0.1, 0.15) is 11.1 Å². The second kappa shape index (κ2) is 11.3. The normalized spacial score (nSPS) is 12.0. The Morgan fingerprint density at radius 1 is 0.302 bits per heavy atom. The lowest BCUT2D eigenvalue weighted by atomic mass is 9.99. The molecule has 3 heteroatoms. The highest BCUT2D eigenvalue weighted by Gasteiger charge is 2.22. The molecule has 0 aliphatic carbocycles. The van der Waals surface area contributed by atoms with Crippen molar-refractivity contribution in [2.75, 3.05) is 0 Å². The van der Waals surface area contributed by atoms with Gasteiger partial charge in [-0.15, -0.1) is 0 Å². The molecular formula is C50H35N3. The van der Waals surface area contributed by atoms with Crippen LogP contribution in [0.25, 0.3) is 93.6 Å². The third-order valence-electron chi connectivity index (χ3n) is 11.2. The van der Waals surface area contributed by atoms with Gasteiger partial charge in [0.2, 0.25) is 0 Å². The molecule has 0 bridgehead atoms. The smallest absolute Gasteiger partial charge is 0.0561 e. The van der Waals surface area contributed by atoms with E-state index in [0.29, 0.717) is 0 Å². The first-order valence-corrected chi connectivity index (χ1v) is 18.4. The zero-order valence-electron chi connectivity index (χ0n) is 29.6. The molecule has 53 heavy (non-hydrogen) atoms. The largest absolute Gasteiger partial charge is 0.309 e. The fourth-order valence-corrected chi connectivity index (χ4v) is 8.87.